The topological polar surface area (TPSA) is 27.7 Å². The minimum atomic E-state index is -1.01. The van der Waals surface area contributed by atoms with E-state index in [1.165, 1.54) is 18.2 Å². The van der Waals surface area contributed by atoms with Crippen LogP contribution >= 0.6 is 0 Å². The second-order valence-electron chi connectivity index (χ2n) is 7.77. The summed E-state index contributed by atoms with van der Waals surface area (Å²) in [6.45, 7) is 4.83. The standard InChI is InChI=1S/C27H25F3O3/c1-3-5-17-15-32-27(33-16-17)22-11-10-20(14-23(22)28)18-6-8-19(9-7-18)21-12-13-24(31-4-2)26(30)25(21)29/h3,5-14,17,27H,4,15-16H2,1-2H3/b5-3+. The van der Waals surface area contributed by atoms with Gasteiger partial charge in [-0.1, -0.05) is 48.6 Å². The van der Waals surface area contributed by atoms with Gasteiger partial charge in [0, 0.05) is 17.0 Å². The monoisotopic (exact) mass is 454 g/mol. The fourth-order valence-corrected chi connectivity index (χ4v) is 3.84. The average molecular weight is 454 g/mol. The molecule has 3 aromatic rings. The largest absolute Gasteiger partial charge is 0.491 e. The molecule has 0 spiro atoms. The molecule has 0 bridgehead atoms. The van der Waals surface area contributed by atoms with Crippen LogP contribution < -0.4 is 4.74 Å². The Labute approximate surface area is 191 Å². The van der Waals surface area contributed by atoms with Crippen molar-refractivity contribution in [2.24, 2.45) is 5.92 Å². The van der Waals surface area contributed by atoms with E-state index in [1.54, 1.807) is 43.3 Å². The Morgan fingerprint density at radius 3 is 2.18 bits per heavy atom. The number of ether oxygens (including phenoxy) is 3. The van der Waals surface area contributed by atoms with Crippen molar-refractivity contribution in [3.63, 3.8) is 0 Å². The molecule has 1 fully saturated rings. The highest BCUT2D eigenvalue weighted by Gasteiger charge is 2.24. The predicted octanol–water partition coefficient (Wildman–Crippen LogP) is 7.07. The maximum atomic E-state index is 14.8. The maximum Gasteiger partial charge on any atom is 0.201 e. The summed E-state index contributed by atoms with van der Waals surface area (Å²) in [5, 5.41) is 0. The van der Waals surface area contributed by atoms with Gasteiger partial charge >= 0.3 is 0 Å². The summed E-state index contributed by atoms with van der Waals surface area (Å²) in [6.07, 6.45) is 3.21. The Bertz CT molecular complexity index is 1130. The zero-order valence-electron chi connectivity index (χ0n) is 18.5. The predicted molar refractivity (Wildman–Crippen MR) is 121 cm³/mol. The minimum absolute atomic E-state index is 0.116. The van der Waals surface area contributed by atoms with Crippen LogP contribution in [0.1, 0.15) is 25.7 Å². The molecule has 0 aliphatic carbocycles. The first kappa shape index (κ1) is 23.1. The van der Waals surface area contributed by atoms with E-state index in [0.717, 1.165) is 5.56 Å². The average Bonchev–Trinajstić information content (AvgIpc) is 2.83. The van der Waals surface area contributed by atoms with Crippen molar-refractivity contribution in [2.45, 2.75) is 20.1 Å². The molecule has 1 aliphatic heterocycles. The van der Waals surface area contributed by atoms with Crippen molar-refractivity contribution in [2.75, 3.05) is 19.8 Å². The first-order valence-corrected chi connectivity index (χ1v) is 10.9. The third kappa shape index (κ3) is 4.97. The van der Waals surface area contributed by atoms with Gasteiger partial charge in [0.2, 0.25) is 5.82 Å². The molecule has 33 heavy (non-hydrogen) atoms. The van der Waals surface area contributed by atoms with Gasteiger partial charge in [0.15, 0.2) is 17.9 Å². The van der Waals surface area contributed by atoms with Crippen LogP contribution in [0.25, 0.3) is 22.3 Å². The van der Waals surface area contributed by atoms with E-state index in [0.29, 0.717) is 29.9 Å². The van der Waals surface area contributed by atoms with Gasteiger partial charge in [0.1, 0.15) is 5.82 Å². The molecule has 1 heterocycles. The quantitative estimate of drug-likeness (QED) is 0.373. The summed E-state index contributed by atoms with van der Waals surface area (Å²) in [7, 11) is 0. The van der Waals surface area contributed by atoms with Crippen molar-refractivity contribution in [1.82, 2.24) is 0 Å². The van der Waals surface area contributed by atoms with Crippen LogP contribution in [0.15, 0.2) is 66.7 Å². The summed E-state index contributed by atoms with van der Waals surface area (Å²) < 4.78 is 60.0. The minimum Gasteiger partial charge on any atom is -0.491 e. The molecule has 0 saturated carbocycles. The summed E-state index contributed by atoms with van der Waals surface area (Å²) in [5.74, 6) is -2.35. The fourth-order valence-electron chi connectivity index (χ4n) is 3.84. The molecular formula is C27H25F3O3. The Balaban J connectivity index is 1.52. The molecule has 0 N–H and O–H groups in total. The van der Waals surface area contributed by atoms with Gasteiger partial charge in [-0.15, -0.1) is 0 Å². The van der Waals surface area contributed by atoms with Crippen LogP contribution in [-0.4, -0.2) is 19.8 Å². The molecule has 6 heteroatoms. The first-order chi connectivity index (χ1) is 16.0. The van der Waals surface area contributed by atoms with Crippen LogP contribution in [0.2, 0.25) is 0 Å². The van der Waals surface area contributed by atoms with Crippen molar-refractivity contribution < 1.29 is 27.4 Å². The van der Waals surface area contributed by atoms with E-state index in [1.807, 2.05) is 19.1 Å². The van der Waals surface area contributed by atoms with Gasteiger partial charge < -0.3 is 14.2 Å². The second kappa shape index (κ2) is 10.2. The van der Waals surface area contributed by atoms with Crippen LogP contribution in [0.3, 0.4) is 0 Å². The molecule has 1 saturated heterocycles. The number of benzene rings is 3. The molecule has 0 amide bonds. The third-order valence-corrected chi connectivity index (χ3v) is 5.52. The third-order valence-electron chi connectivity index (χ3n) is 5.52. The van der Waals surface area contributed by atoms with Crippen LogP contribution in [-0.2, 0) is 9.47 Å². The zero-order valence-corrected chi connectivity index (χ0v) is 18.5. The zero-order chi connectivity index (χ0) is 23.4. The van der Waals surface area contributed by atoms with E-state index in [-0.39, 0.29) is 23.8 Å². The molecular weight excluding hydrogens is 429 g/mol. The molecule has 0 unspecified atom stereocenters. The molecule has 0 radical (unpaired) electrons. The lowest BCUT2D eigenvalue weighted by Crippen LogP contribution is -2.26. The summed E-state index contributed by atoms with van der Waals surface area (Å²) in [4.78, 5) is 0. The normalized spacial score (nSPS) is 18.6. The van der Waals surface area contributed by atoms with Gasteiger partial charge in [-0.05, 0) is 48.7 Å². The molecule has 0 atom stereocenters. The molecule has 3 nitrogen and oxygen atoms in total. The van der Waals surface area contributed by atoms with Gasteiger partial charge in [-0.3, -0.25) is 0 Å². The van der Waals surface area contributed by atoms with Gasteiger partial charge in [0.25, 0.3) is 0 Å². The van der Waals surface area contributed by atoms with Crippen molar-refractivity contribution >= 4 is 0 Å². The van der Waals surface area contributed by atoms with E-state index >= 15 is 0 Å². The van der Waals surface area contributed by atoms with E-state index in [9.17, 15) is 13.2 Å². The molecule has 0 aromatic heterocycles. The Hall–Kier alpha value is -3.09. The van der Waals surface area contributed by atoms with Crippen LogP contribution in [0.5, 0.6) is 5.75 Å². The lowest BCUT2D eigenvalue weighted by molar-refractivity contribution is -0.198. The lowest BCUT2D eigenvalue weighted by atomic mass is 9.98. The maximum absolute atomic E-state index is 14.8. The number of allylic oxidation sites excluding steroid dienone is 1. The molecule has 4 rings (SSSR count). The summed E-state index contributed by atoms with van der Waals surface area (Å²) in [6, 6.07) is 14.6. The SMILES string of the molecule is C/C=C/C1COC(c2ccc(-c3ccc(-c4ccc(OCC)c(F)c4F)cc3)cc2F)OC1. The van der Waals surface area contributed by atoms with Crippen LogP contribution in [0, 0.1) is 23.4 Å². The summed E-state index contributed by atoms with van der Waals surface area (Å²) in [5.41, 5.74) is 2.39. The fraction of sp³-hybridized carbons (Fsp3) is 0.259. The van der Waals surface area contributed by atoms with Gasteiger partial charge in [-0.2, -0.15) is 4.39 Å². The van der Waals surface area contributed by atoms with Gasteiger partial charge in [0.05, 0.1) is 19.8 Å². The molecule has 1 aliphatic rings. The highest BCUT2D eigenvalue weighted by molar-refractivity contribution is 5.71. The molecule has 172 valence electrons. The van der Waals surface area contributed by atoms with E-state index in [2.05, 4.69) is 0 Å². The second-order valence-corrected chi connectivity index (χ2v) is 7.77. The Morgan fingerprint density at radius 2 is 1.55 bits per heavy atom. The van der Waals surface area contributed by atoms with Crippen molar-refractivity contribution in [3.05, 3.63) is 89.8 Å². The van der Waals surface area contributed by atoms with E-state index < -0.39 is 23.7 Å². The van der Waals surface area contributed by atoms with Gasteiger partial charge in [-0.25, -0.2) is 8.78 Å². The van der Waals surface area contributed by atoms with Crippen molar-refractivity contribution in [3.8, 4) is 28.0 Å². The number of halogens is 3. The first-order valence-electron chi connectivity index (χ1n) is 10.9. The number of rotatable bonds is 6. The Kier molecular flexibility index (Phi) is 7.16. The summed E-state index contributed by atoms with van der Waals surface area (Å²) >= 11 is 0. The molecule has 3 aromatic carbocycles. The van der Waals surface area contributed by atoms with Crippen molar-refractivity contribution in [1.29, 1.82) is 0 Å². The number of hydrogen-bond donors (Lipinski definition) is 0. The highest BCUT2D eigenvalue weighted by atomic mass is 19.2. The van der Waals surface area contributed by atoms with E-state index in [4.69, 9.17) is 14.2 Å². The van der Waals surface area contributed by atoms with Crippen LogP contribution in [0.4, 0.5) is 13.2 Å². The highest BCUT2D eigenvalue weighted by Crippen LogP contribution is 2.33. The Morgan fingerprint density at radius 1 is 0.879 bits per heavy atom. The number of hydrogen-bond acceptors (Lipinski definition) is 3. The lowest BCUT2D eigenvalue weighted by Gasteiger charge is -2.28. The smallest absolute Gasteiger partial charge is 0.201 e.